The second kappa shape index (κ2) is 5.54. The molecule has 0 aromatic heterocycles. The van der Waals surface area contributed by atoms with Crippen LogP contribution in [-0.2, 0) is 0 Å². The topological polar surface area (TPSA) is 35.2 Å². The van der Waals surface area contributed by atoms with Crippen molar-refractivity contribution in [1.29, 1.82) is 0 Å². The highest BCUT2D eigenvalue weighted by molar-refractivity contribution is 5.30. The summed E-state index contributed by atoms with van der Waals surface area (Å²) in [5.41, 5.74) is 7.75. The maximum atomic E-state index is 6.47. The Balaban J connectivity index is 1.62. The predicted octanol–water partition coefficient (Wildman–Crippen LogP) is 3.91. The van der Waals surface area contributed by atoms with E-state index in [1.54, 1.807) is 0 Å². The average Bonchev–Trinajstić information content (AvgIpc) is 3.19. The van der Waals surface area contributed by atoms with Crippen molar-refractivity contribution in [2.45, 2.75) is 45.1 Å². The van der Waals surface area contributed by atoms with E-state index in [-0.39, 0.29) is 6.04 Å². The summed E-state index contributed by atoms with van der Waals surface area (Å²) in [5, 5.41) is 0. The Kier molecular flexibility index (Phi) is 3.79. The molecular weight excluding hydrogens is 234 g/mol. The Morgan fingerprint density at radius 2 is 1.79 bits per heavy atom. The molecular formula is C17H25NO. The molecule has 0 amide bonds. The van der Waals surface area contributed by atoms with Crippen molar-refractivity contribution in [3.05, 3.63) is 29.8 Å². The zero-order chi connectivity index (χ0) is 13.2. The maximum absolute atomic E-state index is 6.47. The molecule has 2 aliphatic rings. The lowest BCUT2D eigenvalue weighted by Gasteiger charge is -2.13. The van der Waals surface area contributed by atoms with Gasteiger partial charge < -0.3 is 10.5 Å². The van der Waals surface area contributed by atoms with Gasteiger partial charge in [-0.05, 0) is 54.7 Å². The molecule has 2 fully saturated rings. The highest BCUT2D eigenvalue weighted by atomic mass is 16.5. The summed E-state index contributed by atoms with van der Waals surface area (Å²) in [6.07, 6.45) is 6.68. The molecule has 3 rings (SSSR count). The van der Waals surface area contributed by atoms with E-state index in [0.29, 0.717) is 0 Å². The Bertz CT molecular complexity index is 402. The summed E-state index contributed by atoms with van der Waals surface area (Å²) in [6, 6.07) is 8.67. The van der Waals surface area contributed by atoms with Gasteiger partial charge in [-0.3, -0.25) is 0 Å². The van der Waals surface area contributed by atoms with E-state index in [4.69, 9.17) is 10.5 Å². The molecule has 0 spiro atoms. The molecule has 2 saturated carbocycles. The molecule has 104 valence electrons. The smallest absolute Gasteiger partial charge is 0.119 e. The van der Waals surface area contributed by atoms with E-state index >= 15 is 0 Å². The van der Waals surface area contributed by atoms with Gasteiger partial charge >= 0.3 is 0 Å². The zero-order valence-electron chi connectivity index (χ0n) is 11.8. The van der Waals surface area contributed by atoms with Gasteiger partial charge in [0.05, 0.1) is 6.61 Å². The van der Waals surface area contributed by atoms with Crippen LogP contribution in [0.2, 0.25) is 0 Å². The quantitative estimate of drug-likeness (QED) is 0.870. The van der Waals surface area contributed by atoms with E-state index < -0.39 is 0 Å². The van der Waals surface area contributed by atoms with Gasteiger partial charge in [0, 0.05) is 6.04 Å². The second-order valence-electron chi connectivity index (χ2n) is 6.13. The number of hydrogen-bond acceptors (Lipinski definition) is 2. The monoisotopic (exact) mass is 259 g/mol. The molecule has 3 atom stereocenters. The Morgan fingerprint density at radius 1 is 1.16 bits per heavy atom. The number of ether oxygens (including phenoxy) is 1. The van der Waals surface area contributed by atoms with Crippen molar-refractivity contribution < 1.29 is 4.74 Å². The fourth-order valence-corrected chi connectivity index (χ4v) is 3.81. The minimum atomic E-state index is 0.230. The first-order chi connectivity index (χ1) is 9.31. The molecule has 2 N–H and O–H groups in total. The number of benzene rings is 1. The second-order valence-corrected chi connectivity index (χ2v) is 6.13. The van der Waals surface area contributed by atoms with Gasteiger partial charge in [-0.25, -0.2) is 0 Å². The number of hydrogen-bond donors (Lipinski definition) is 1. The Labute approximate surface area is 116 Å². The number of rotatable bonds is 5. The lowest BCUT2D eigenvalue weighted by atomic mass is 10.0. The summed E-state index contributed by atoms with van der Waals surface area (Å²) in [5.74, 6) is 3.54. The normalized spacial score (nSPS) is 30.5. The third kappa shape index (κ3) is 2.64. The zero-order valence-corrected chi connectivity index (χ0v) is 11.8. The molecule has 0 saturated heterocycles. The van der Waals surface area contributed by atoms with Crippen LogP contribution in [0.25, 0.3) is 0 Å². The van der Waals surface area contributed by atoms with Crippen LogP contribution in [0.1, 0.15) is 50.6 Å². The highest BCUT2D eigenvalue weighted by Gasteiger charge is 2.53. The van der Waals surface area contributed by atoms with Gasteiger partial charge in [0.25, 0.3) is 0 Å². The Morgan fingerprint density at radius 3 is 2.37 bits per heavy atom. The van der Waals surface area contributed by atoms with Crippen LogP contribution in [-0.4, -0.2) is 6.61 Å². The van der Waals surface area contributed by atoms with Crippen molar-refractivity contribution >= 4 is 0 Å². The van der Waals surface area contributed by atoms with Crippen LogP contribution in [0.3, 0.4) is 0 Å². The van der Waals surface area contributed by atoms with Gasteiger partial charge in [-0.1, -0.05) is 31.9 Å². The largest absolute Gasteiger partial charge is 0.494 e. The third-order valence-corrected chi connectivity index (χ3v) is 4.88. The first-order valence-electron chi connectivity index (χ1n) is 7.79. The first-order valence-corrected chi connectivity index (χ1v) is 7.79. The van der Waals surface area contributed by atoms with E-state index in [1.807, 2.05) is 0 Å². The molecule has 0 aliphatic heterocycles. The molecule has 2 nitrogen and oxygen atoms in total. The number of nitrogens with two attached hydrogens (primary N) is 1. The summed E-state index contributed by atoms with van der Waals surface area (Å²) >= 11 is 0. The van der Waals surface area contributed by atoms with E-state index in [0.717, 1.165) is 36.5 Å². The summed E-state index contributed by atoms with van der Waals surface area (Å²) < 4.78 is 5.62. The molecule has 0 heterocycles. The van der Waals surface area contributed by atoms with Crippen LogP contribution in [0.4, 0.5) is 0 Å². The van der Waals surface area contributed by atoms with Crippen molar-refractivity contribution in [2.75, 3.05) is 6.61 Å². The van der Waals surface area contributed by atoms with Crippen molar-refractivity contribution in [3.63, 3.8) is 0 Å². The van der Waals surface area contributed by atoms with Crippen LogP contribution in [0, 0.1) is 17.8 Å². The molecule has 3 unspecified atom stereocenters. The highest BCUT2D eigenvalue weighted by Crippen LogP contribution is 2.59. The van der Waals surface area contributed by atoms with Gasteiger partial charge in [0.15, 0.2) is 0 Å². The van der Waals surface area contributed by atoms with E-state index in [9.17, 15) is 0 Å². The summed E-state index contributed by atoms with van der Waals surface area (Å²) in [4.78, 5) is 0. The first kappa shape index (κ1) is 13.0. The molecule has 19 heavy (non-hydrogen) atoms. The minimum absolute atomic E-state index is 0.230. The van der Waals surface area contributed by atoms with Crippen molar-refractivity contribution in [2.24, 2.45) is 23.5 Å². The van der Waals surface area contributed by atoms with Gasteiger partial charge in [-0.15, -0.1) is 0 Å². The lowest BCUT2D eigenvalue weighted by molar-refractivity contribution is 0.317. The fourth-order valence-electron chi connectivity index (χ4n) is 3.81. The van der Waals surface area contributed by atoms with Crippen LogP contribution in [0.15, 0.2) is 24.3 Å². The van der Waals surface area contributed by atoms with Gasteiger partial charge in [0.1, 0.15) is 5.75 Å². The molecule has 2 aliphatic carbocycles. The third-order valence-electron chi connectivity index (χ3n) is 4.88. The van der Waals surface area contributed by atoms with Crippen molar-refractivity contribution in [3.8, 4) is 5.75 Å². The van der Waals surface area contributed by atoms with Gasteiger partial charge in [-0.2, -0.15) is 0 Å². The minimum Gasteiger partial charge on any atom is -0.494 e. The molecule has 2 heteroatoms. The molecule has 0 radical (unpaired) electrons. The van der Waals surface area contributed by atoms with Crippen LogP contribution in [0.5, 0.6) is 5.75 Å². The average molecular weight is 259 g/mol. The fraction of sp³-hybridized carbons (Fsp3) is 0.647. The van der Waals surface area contributed by atoms with Gasteiger partial charge in [0.2, 0.25) is 0 Å². The number of fused-ring (bicyclic) bond motifs is 1. The SMILES string of the molecule is CCCOc1ccc(C(N)C2C3CCCCC32)cc1. The Hall–Kier alpha value is -1.02. The summed E-state index contributed by atoms with van der Waals surface area (Å²) in [6.45, 7) is 2.91. The standard InChI is InChI=1S/C17H25NO/c1-2-11-19-13-9-7-12(8-10-13)17(18)16-14-5-3-4-6-15(14)16/h7-10,14-17H,2-6,11,18H2,1H3. The van der Waals surface area contributed by atoms with E-state index in [2.05, 4.69) is 31.2 Å². The van der Waals surface area contributed by atoms with Crippen LogP contribution < -0.4 is 10.5 Å². The molecule has 1 aromatic carbocycles. The van der Waals surface area contributed by atoms with E-state index in [1.165, 1.54) is 31.2 Å². The lowest BCUT2D eigenvalue weighted by Crippen LogP contribution is -2.14. The summed E-state index contributed by atoms with van der Waals surface area (Å²) in [7, 11) is 0. The predicted molar refractivity (Wildman–Crippen MR) is 78.1 cm³/mol. The molecule has 0 bridgehead atoms. The molecule has 1 aromatic rings. The maximum Gasteiger partial charge on any atom is 0.119 e. The van der Waals surface area contributed by atoms with Crippen LogP contribution >= 0.6 is 0 Å². The van der Waals surface area contributed by atoms with Crippen molar-refractivity contribution in [1.82, 2.24) is 0 Å².